The summed E-state index contributed by atoms with van der Waals surface area (Å²) in [6.45, 7) is 0.530. The summed E-state index contributed by atoms with van der Waals surface area (Å²) in [7, 11) is 0. The van der Waals surface area contributed by atoms with E-state index in [1.807, 2.05) is 54.6 Å². The van der Waals surface area contributed by atoms with E-state index in [9.17, 15) is 4.79 Å². The monoisotopic (exact) mass is 484 g/mol. The lowest BCUT2D eigenvalue weighted by molar-refractivity contribution is 0.348. The van der Waals surface area contributed by atoms with E-state index in [1.165, 1.54) is 22.2 Å². The van der Waals surface area contributed by atoms with E-state index in [-0.39, 0.29) is 5.56 Å². The lowest BCUT2D eigenvalue weighted by Crippen LogP contribution is -2.22. The van der Waals surface area contributed by atoms with Crippen LogP contribution < -0.4 is 10.3 Å². The Morgan fingerprint density at radius 3 is 2.65 bits per heavy atom. The molecule has 1 aliphatic carbocycles. The number of fused-ring (bicyclic) bond motifs is 4. The largest absolute Gasteiger partial charge is 0.492 e. The smallest absolute Gasteiger partial charge is 0.267 e. The lowest BCUT2D eigenvalue weighted by atomic mass is 9.97. The fraction of sp³-hybridized carbons (Fsp3) is 0.214. The summed E-state index contributed by atoms with van der Waals surface area (Å²) in [5.74, 6) is 1.58. The van der Waals surface area contributed by atoms with E-state index in [1.54, 1.807) is 27.7 Å². The zero-order valence-electron chi connectivity index (χ0n) is 18.7. The summed E-state index contributed by atoms with van der Waals surface area (Å²) < 4.78 is 7.92. The minimum atomic E-state index is 0.0491. The Hall–Kier alpha value is -3.09. The van der Waals surface area contributed by atoms with Crippen molar-refractivity contribution in [2.24, 2.45) is 0 Å². The topological polar surface area (TPSA) is 44.1 Å². The van der Waals surface area contributed by atoms with Crippen molar-refractivity contribution in [1.82, 2.24) is 9.55 Å². The van der Waals surface area contributed by atoms with Crippen LogP contribution in [0.1, 0.15) is 23.3 Å². The highest BCUT2D eigenvalue weighted by Crippen LogP contribution is 2.35. The quantitative estimate of drug-likeness (QED) is 0.154. The molecule has 0 saturated carbocycles. The van der Waals surface area contributed by atoms with Crippen molar-refractivity contribution in [3.05, 3.63) is 93.6 Å². The number of thioether (sulfide) groups is 1. The molecule has 1 aliphatic rings. The molecule has 3 aromatic carbocycles. The number of aromatic nitrogens is 2. The number of para-hydroxylation sites is 1. The van der Waals surface area contributed by atoms with Gasteiger partial charge < -0.3 is 4.74 Å². The van der Waals surface area contributed by atoms with Crippen LogP contribution in [-0.4, -0.2) is 21.9 Å². The number of hydrogen-bond donors (Lipinski definition) is 0. The molecule has 0 fully saturated rings. The molecule has 34 heavy (non-hydrogen) atoms. The number of ether oxygens (including phenoxy) is 1. The van der Waals surface area contributed by atoms with Crippen LogP contribution in [0.25, 0.3) is 26.7 Å². The van der Waals surface area contributed by atoms with Crippen LogP contribution in [0.5, 0.6) is 5.75 Å². The molecule has 0 bridgehead atoms. The van der Waals surface area contributed by atoms with Crippen LogP contribution in [0.2, 0.25) is 0 Å². The first-order valence-electron chi connectivity index (χ1n) is 11.7. The number of benzene rings is 3. The van der Waals surface area contributed by atoms with Crippen LogP contribution in [0.4, 0.5) is 0 Å². The van der Waals surface area contributed by atoms with Crippen molar-refractivity contribution < 1.29 is 4.74 Å². The average Bonchev–Trinajstić information content (AvgIpc) is 3.26. The van der Waals surface area contributed by atoms with Gasteiger partial charge >= 0.3 is 0 Å². The molecule has 4 nitrogen and oxygen atoms in total. The molecule has 5 aromatic rings. The average molecular weight is 485 g/mol. The predicted molar refractivity (Wildman–Crippen MR) is 142 cm³/mol. The second kappa shape index (κ2) is 9.28. The first-order valence-corrected chi connectivity index (χ1v) is 13.5. The van der Waals surface area contributed by atoms with Crippen LogP contribution in [0, 0.1) is 0 Å². The molecule has 0 aliphatic heterocycles. The van der Waals surface area contributed by atoms with E-state index in [2.05, 4.69) is 18.2 Å². The summed E-state index contributed by atoms with van der Waals surface area (Å²) in [6.07, 6.45) is 4.38. The molecule has 0 spiro atoms. The van der Waals surface area contributed by atoms with Gasteiger partial charge in [0.15, 0.2) is 5.16 Å². The number of nitrogens with zero attached hydrogens (tertiary/aromatic N) is 2. The van der Waals surface area contributed by atoms with Gasteiger partial charge in [0.1, 0.15) is 10.6 Å². The molecule has 0 radical (unpaired) electrons. The van der Waals surface area contributed by atoms with Gasteiger partial charge in [-0.1, -0.05) is 66.4 Å². The molecule has 0 atom stereocenters. The first-order chi connectivity index (χ1) is 16.8. The van der Waals surface area contributed by atoms with Crippen molar-refractivity contribution in [2.45, 2.75) is 30.8 Å². The van der Waals surface area contributed by atoms with Crippen LogP contribution in [0.15, 0.2) is 82.7 Å². The van der Waals surface area contributed by atoms with Gasteiger partial charge in [0.05, 0.1) is 17.7 Å². The number of rotatable bonds is 6. The number of hydrogen-bond acceptors (Lipinski definition) is 5. The number of aryl methyl sites for hydroxylation is 2. The highest BCUT2D eigenvalue weighted by atomic mass is 32.2. The molecule has 0 amide bonds. The van der Waals surface area contributed by atoms with Gasteiger partial charge in [-0.25, -0.2) is 4.98 Å². The third-order valence-corrected chi connectivity index (χ3v) is 8.38. The van der Waals surface area contributed by atoms with E-state index in [0.29, 0.717) is 12.4 Å². The van der Waals surface area contributed by atoms with Crippen molar-refractivity contribution in [1.29, 1.82) is 0 Å². The Bertz CT molecular complexity index is 1530. The summed E-state index contributed by atoms with van der Waals surface area (Å²) in [6, 6.07) is 24.2. The van der Waals surface area contributed by atoms with E-state index >= 15 is 0 Å². The fourth-order valence-corrected chi connectivity index (χ4v) is 6.83. The van der Waals surface area contributed by atoms with Crippen molar-refractivity contribution in [3.63, 3.8) is 0 Å². The second-order valence-corrected chi connectivity index (χ2v) is 10.6. The van der Waals surface area contributed by atoms with Crippen LogP contribution >= 0.6 is 23.1 Å². The van der Waals surface area contributed by atoms with E-state index in [4.69, 9.17) is 9.72 Å². The maximum atomic E-state index is 13.8. The number of thiophene rings is 1. The van der Waals surface area contributed by atoms with Crippen molar-refractivity contribution in [3.8, 4) is 11.4 Å². The van der Waals surface area contributed by atoms with E-state index in [0.717, 1.165) is 51.5 Å². The molecule has 170 valence electrons. The van der Waals surface area contributed by atoms with Gasteiger partial charge in [0.25, 0.3) is 5.56 Å². The van der Waals surface area contributed by atoms with Gasteiger partial charge in [0.2, 0.25) is 0 Å². The van der Waals surface area contributed by atoms with Crippen molar-refractivity contribution in [2.75, 3.05) is 12.4 Å². The zero-order chi connectivity index (χ0) is 22.9. The van der Waals surface area contributed by atoms with Crippen molar-refractivity contribution >= 4 is 44.1 Å². The third kappa shape index (κ3) is 3.91. The Labute approximate surface area is 206 Å². The van der Waals surface area contributed by atoms with Gasteiger partial charge in [-0.05, 0) is 54.8 Å². The van der Waals surface area contributed by atoms with E-state index < -0.39 is 0 Å². The normalized spacial score (nSPS) is 13.3. The Balaban J connectivity index is 1.32. The SMILES string of the molecule is O=c1c2c3c(sc2nc(SCCOc2cccc4ccccc24)n1-c1ccccc1)CCCC3. The highest BCUT2D eigenvalue weighted by Gasteiger charge is 2.22. The molecule has 0 N–H and O–H groups in total. The summed E-state index contributed by atoms with van der Waals surface area (Å²) in [5, 5.41) is 3.82. The summed E-state index contributed by atoms with van der Waals surface area (Å²) >= 11 is 3.28. The molecule has 6 heteroatoms. The molecule has 0 unspecified atom stereocenters. The molecular weight excluding hydrogens is 460 g/mol. The van der Waals surface area contributed by atoms with Crippen LogP contribution in [0.3, 0.4) is 0 Å². The molecule has 0 saturated heterocycles. The fourth-order valence-electron chi connectivity index (χ4n) is 4.69. The second-order valence-electron chi connectivity index (χ2n) is 8.44. The maximum Gasteiger partial charge on any atom is 0.267 e. The summed E-state index contributed by atoms with van der Waals surface area (Å²) in [4.78, 5) is 21.0. The molecular formula is C28H24N2O2S2. The maximum absolute atomic E-state index is 13.8. The lowest BCUT2D eigenvalue weighted by Gasteiger charge is -2.14. The molecule has 6 rings (SSSR count). The van der Waals surface area contributed by atoms with Gasteiger partial charge in [0, 0.05) is 16.0 Å². The predicted octanol–water partition coefficient (Wildman–Crippen LogP) is 6.65. The minimum Gasteiger partial charge on any atom is -0.492 e. The van der Waals surface area contributed by atoms with Gasteiger partial charge in [-0.15, -0.1) is 11.3 Å². The molecule has 2 heterocycles. The standard InChI is InChI=1S/C28H24N2O2S2/c31-27-25-22-14-6-7-16-24(22)34-26(25)29-28(30(27)20-11-2-1-3-12-20)33-18-17-32-23-15-8-10-19-9-4-5-13-21(19)23/h1-5,8-13,15H,6-7,14,16-18H2. The summed E-state index contributed by atoms with van der Waals surface area (Å²) in [5.41, 5.74) is 2.13. The van der Waals surface area contributed by atoms with Gasteiger partial charge in [-0.3, -0.25) is 9.36 Å². The third-order valence-electron chi connectivity index (χ3n) is 6.29. The Kier molecular flexibility index (Phi) is 5.85. The first kappa shape index (κ1) is 21.4. The minimum absolute atomic E-state index is 0.0491. The Morgan fingerprint density at radius 2 is 1.74 bits per heavy atom. The zero-order valence-corrected chi connectivity index (χ0v) is 20.3. The van der Waals surface area contributed by atoms with Gasteiger partial charge in [-0.2, -0.15) is 0 Å². The Morgan fingerprint density at radius 1 is 0.941 bits per heavy atom. The highest BCUT2D eigenvalue weighted by molar-refractivity contribution is 7.99. The van der Waals surface area contributed by atoms with Crippen LogP contribution in [-0.2, 0) is 12.8 Å². The molecule has 2 aromatic heterocycles.